The summed E-state index contributed by atoms with van der Waals surface area (Å²) in [5, 5.41) is 20.8. The minimum Gasteiger partial charge on any atom is -0.396 e. The predicted octanol–water partition coefficient (Wildman–Crippen LogP) is 2.26. The summed E-state index contributed by atoms with van der Waals surface area (Å²) in [6, 6.07) is 9.63. The van der Waals surface area contributed by atoms with E-state index in [0.29, 0.717) is 47.6 Å². The van der Waals surface area contributed by atoms with Crippen LogP contribution in [0.15, 0.2) is 36.5 Å². The number of ether oxygens (including phenoxy) is 2. The minimum atomic E-state index is -0.723. The molecule has 0 saturated carbocycles. The molecule has 3 aromatic rings. The van der Waals surface area contributed by atoms with E-state index in [0.717, 1.165) is 0 Å². The summed E-state index contributed by atoms with van der Waals surface area (Å²) in [5.41, 5.74) is 2.34. The van der Waals surface area contributed by atoms with E-state index in [4.69, 9.17) is 14.7 Å². The van der Waals surface area contributed by atoms with Crippen molar-refractivity contribution in [3.63, 3.8) is 0 Å². The second-order valence-electron chi connectivity index (χ2n) is 6.68. The van der Waals surface area contributed by atoms with Gasteiger partial charge in [-0.25, -0.2) is 19.3 Å². The Labute approximate surface area is 171 Å². The van der Waals surface area contributed by atoms with E-state index in [2.05, 4.69) is 25.3 Å². The molecule has 2 aromatic heterocycles. The van der Waals surface area contributed by atoms with Gasteiger partial charge in [0.05, 0.1) is 43.0 Å². The third-order valence-corrected chi connectivity index (χ3v) is 4.53. The van der Waals surface area contributed by atoms with E-state index >= 15 is 0 Å². The van der Waals surface area contributed by atoms with E-state index < -0.39 is 6.29 Å². The molecule has 1 aliphatic rings. The Morgan fingerprint density at radius 3 is 2.67 bits per heavy atom. The van der Waals surface area contributed by atoms with Crippen molar-refractivity contribution in [3.8, 4) is 28.7 Å². The lowest BCUT2D eigenvalue weighted by molar-refractivity contribution is -0.213. The summed E-state index contributed by atoms with van der Waals surface area (Å²) < 4.78 is 24.8. The summed E-state index contributed by atoms with van der Waals surface area (Å²) in [6.45, 7) is 0.742. The molecule has 0 amide bonds. The number of H-pyrrole nitrogens is 1. The Morgan fingerprint density at radius 1 is 1.20 bits per heavy atom. The number of nitriles is 1. The molecule has 1 aromatic carbocycles. The molecule has 1 fully saturated rings. The van der Waals surface area contributed by atoms with Crippen molar-refractivity contribution in [2.24, 2.45) is 5.92 Å². The number of hydrogen-bond acceptors (Lipinski definition) is 8. The molecule has 1 aliphatic heterocycles. The van der Waals surface area contributed by atoms with Crippen LogP contribution in [0.4, 0.5) is 10.3 Å². The Kier molecular flexibility index (Phi) is 5.94. The van der Waals surface area contributed by atoms with E-state index in [1.807, 2.05) is 6.07 Å². The lowest BCUT2D eigenvalue weighted by atomic mass is 10.1. The highest BCUT2D eigenvalue weighted by molar-refractivity contribution is 5.77. The third kappa shape index (κ3) is 4.28. The SMILES string of the molecule is N#CCNc1nccc(-c2[nH]c(C3OCC(CO)CO3)nc2-c2ccc(F)cc2)n1. The number of anilines is 1. The number of aliphatic hydroxyl groups is 1. The molecule has 0 bridgehead atoms. The van der Waals surface area contributed by atoms with Gasteiger partial charge in [0.25, 0.3) is 0 Å². The van der Waals surface area contributed by atoms with Crippen LogP contribution < -0.4 is 5.32 Å². The number of imidazole rings is 1. The van der Waals surface area contributed by atoms with Crippen LogP contribution in [-0.4, -0.2) is 51.4 Å². The molecule has 0 radical (unpaired) electrons. The number of nitrogens with zero attached hydrogens (tertiary/aromatic N) is 4. The Hall–Kier alpha value is -3.39. The van der Waals surface area contributed by atoms with Crippen LogP contribution >= 0.6 is 0 Å². The highest BCUT2D eigenvalue weighted by Crippen LogP contribution is 2.33. The smallest absolute Gasteiger partial charge is 0.224 e. The standard InChI is InChI=1S/C20H19FN6O3/c21-14-3-1-13(2-4-14)16-17(15-5-7-23-20(25-15)24-8-6-22)27-18(26-16)19-29-10-12(9-28)11-30-19/h1-5,7,12,19,28H,8-11H2,(H,26,27)(H,23,24,25). The van der Waals surface area contributed by atoms with Crippen LogP contribution in [0.1, 0.15) is 12.1 Å². The van der Waals surface area contributed by atoms with E-state index in [9.17, 15) is 9.50 Å². The van der Waals surface area contributed by atoms with Gasteiger partial charge in [-0.3, -0.25) is 0 Å². The van der Waals surface area contributed by atoms with Gasteiger partial charge < -0.3 is 24.9 Å². The maximum Gasteiger partial charge on any atom is 0.224 e. The van der Waals surface area contributed by atoms with Gasteiger partial charge in [0.2, 0.25) is 12.2 Å². The molecule has 3 heterocycles. The van der Waals surface area contributed by atoms with Crippen LogP contribution in [0.5, 0.6) is 0 Å². The van der Waals surface area contributed by atoms with Gasteiger partial charge in [-0.1, -0.05) is 0 Å². The summed E-state index contributed by atoms with van der Waals surface area (Å²) in [4.78, 5) is 16.4. The molecule has 0 unspecified atom stereocenters. The van der Waals surface area contributed by atoms with Crippen molar-refractivity contribution in [3.05, 3.63) is 48.2 Å². The molecule has 10 heteroatoms. The van der Waals surface area contributed by atoms with Gasteiger partial charge in [0.15, 0.2) is 5.82 Å². The zero-order chi connectivity index (χ0) is 20.9. The fourth-order valence-electron chi connectivity index (χ4n) is 3.01. The first kappa shape index (κ1) is 19.9. The summed E-state index contributed by atoms with van der Waals surface area (Å²) in [7, 11) is 0. The average molecular weight is 410 g/mol. The van der Waals surface area contributed by atoms with Gasteiger partial charge in [0.1, 0.15) is 12.4 Å². The highest BCUT2D eigenvalue weighted by atomic mass is 19.1. The Bertz CT molecular complexity index is 1040. The van der Waals surface area contributed by atoms with E-state index in [-0.39, 0.29) is 24.9 Å². The molecule has 154 valence electrons. The second-order valence-corrected chi connectivity index (χ2v) is 6.68. The van der Waals surface area contributed by atoms with Crippen LogP contribution in [0.3, 0.4) is 0 Å². The van der Waals surface area contributed by atoms with Crippen molar-refractivity contribution >= 4 is 5.95 Å². The van der Waals surface area contributed by atoms with Crippen LogP contribution in [0.2, 0.25) is 0 Å². The fourth-order valence-corrected chi connectivity index (χ4v) is 3.01. The molecule has 9 nitrogen and oxygen atoms in total. The molecule has 3 N–H and O–H groups in total. The van der Waals surface area contributed by atoms with Crippen molar-refractivity contribution in [1.29, 1.82) is 5.26 Å². The average Bonchev–Trinajstić information content (AvgIpc) is 3.24. The number of aromatic nitrogens is 4. The van der Waals surface area contributed by atoms with Crippen molar-refractivity contribution in [2.75, 3.05) is 31.7 Å². The van der Waals surface area contributed by atoms with Gasteiger partial charge in [0, 0.05) is 17.7 Å². The van der Waals surface area contributed by atoms with Gasteiger partial charge in [-0.05, 0) is 30.3 Å². The van der Waals surface area contributed by atoms with Crippen LogP contribution in [0, 0.1) is 23.1 Å². The number of halogens is 1. The maximum atomic E-state index is 13.4. The Morgan fingerprint density at radius 2 is 1.97 bits per heavy atom. The first-order valence-electron chi connectivity index (χ1n) is 9.32. The normalized spacial score (nSPS) is 18.7. The quantitative estimate of drug-likeness (QED) is 0.528. The second kappa shape index (κ2) is 8.96. The largest absolute Gasteiger partial charge is 0.396 e. The van der Waals surface area contributed by atoms with E-state index in [1.54, 1.807) is 24.4 Å². The van der Waals surface area contributed by atoms with Crippen LogP contribution in [-0.2, 0) is 9.47 Å². The third-order valence-electron chi connectivity index (χ3n) is 4.53. The number of hydrogen-bond donors (Lipinski definition) is 3. The van der Waals surface area contributed by atoms with Crippen LogP contribution in [0.25, 0.3) is 22.6 Å². The first-order chi connectivity index (χ1) is 14.7. The first-order valence-corrected chi connectivity index (χ1v) is 9.32. The van der Waals surface area contributed by atoms with Gasteiger partial charge in [-0.15, -0.1) is 0 Å². The van der Waals surface area contributed by atoms with Gasteiger partial charge in [-0.2, -0.15) is 5.26 Å². The molecular formula is C20H19FN6O3. The molecule has 4 rings (SSSR count). The minimum absolute atomic E-state index is 0.0175. The number of aliphatic hydroxyl groups excluding tert-OH is 1. The number of benzene rings is 1. The van der Waals surface area contributed by atoms with E-state index in [1.165, 1.54) is 12.1 Å². The predicted molar refractivity (Wildman–Crippen MR) is 104 cm³/mol. The summed E-state index contributed by atoms with van der Waals surface area (Å²) in [5.74, 6) is 0.301. The molecule has 1 saturated heterocycles. The number of nitrogens with one attached hydrogen (secondary N) is 2. The zero-order valence-corrected chi connectivity index (χ0v) is 15.9. The molecular weight excluding hydrogens is 391 g/mol. The summed E-state index contributed by atoms with van der Waals surface area (Å²) >= 11 is 0. The molecule has 0 spiro atoms. The molecule has 30 heavy (non-hydrogen) atoms. The number of aromatic amines is 1. The molecule has 0 atom stereocenters. The lowest BCUT2D eigenvalue weighted by Crippen LogP contribution is -2.29. The fraction of sp³-hybridized carbons (Fsp3) is 0.300. The maximum absolute atomic E-state index is 13.4. The number of rotatable bonds is 6. The lowest BCUT2D eigenvalue weighted by Gasteiger charge is -2.26. The Balaban J connectivity index is 1.72. The zero-order valence-electron chi connectivity index (χ0n) is 15.9. The monoisotopic (exact) mass is 410 g/mol. The highest BCUT2D eigenvalue weighted by Gasteiger charge is 2.27. The molecule has 0 aliphatic carbocycles. The topological polar surface area (TPSA) is 129 Å². The van der Waals surface area contributed by atoms with Crippen molar-refractivity contribution in [2.45, 2.75) is 6.29 Å². The summed E-state index contributed by atoms with van der Waals surface area (Å²) in [6.07, 6.45) is 0.843. The van der Waals surface area contributed by atoms with Gasteiger partial charge >= 0.3 is 0 Å². The van der Waals surface area contributed by atoms with Crippen molar-refractivity contribution in [1.82, 2.24) is 19.9 Å². The van der Waals surface area contributed by atoms with Crippen molar-refractivity contribution < 1.29 is 19.0 Å².